The molecule has 1 aliphatic rings. The molecule has 0 radical (unpaired) electrons. The van der Waals surface area contributed by atoms with E-state index in [-0.39, 0.29) is 5.91 Å². The zero-order chi connectivity index (χ0) is 13.7. The third-order valence-electron chi connectivity index (χ3n) is 3.37. The molecular weight excluding hydrogens is 234 g/mol. The number of amides is 1. The molecule has 0 saturated carbocycles. The van der Waals surface area contributed by atoms with Crippen LogP contribution >= 0.6 is 0 Å². The summed E-state index contributed by atoms with van der Waals surface area (Å²) >= 11 is 0. The number of likely N-dealkylation sites (tertiary alicyclic amines) is 1. The predicted octanol–water partition coefficient (Wildman–Crippen LogP) is 3.58. The number of hydrogen-bond donors (Lipinski definition) is 0. The van der Waals surface area contributed by atoms with Crippen molar-refractivity contribution >= 4 is 12.0 Å². The second-order valence-electron chi connectivity index (χ2n) is 5.00. The summed E-state index contributed by atoms with van der Waals surface area (Å²) in [5.74, 6) is 0.204. The first kappa shape index (κ1) is 13.6. The maximum Gasteiger partial charge on any atom is 0.249 e. The van der Waals surface area contributed by atoms with Crippen molar-refractivity contribution in [2.24, 2.45) is 0 Å². The van der Waals surface area contributed by atoms with Gasteiger partial charge >= 0.3 is 0 Å². The second kappa shape index (κ2) is 6.37. The van der Waals surface area contributed by atoms with Gasteiger partial charge in [0.15, 0.2) is 0 Å². The molecule has 2 heteroatoms. The zero-order valence-electron chi connectivity index (χ0n) is 11.7. The Morgan fingerprint density at radius 2 is 2.00 bits per heavy atom. The first-order valence-electron chi connectivity index (χ1n) is 6.94. The minimum absolute atomic E-state index is 0.204. The van der Waals surface area contributed by atoms with E-state index in [1.165, 1.54) is 11.1 Å². The molecule has 2 rings (SSSR count). The molecule has 2 nitrogen and oxygen atoms in total. The number of aryl methyl sites for hydroxylation is 1. The van der Waals surface area contributed by atoms with E-state index in [1.807, 2.05) is 23.1 Å². The third-order valence-corrected chi connectivity index (χ3v) is 3.37. The molecule has 0 aliphatic carbocycles. The van der Waals surface area contributed by atoms with Gasteiger partial charge in [-0.15, -0.1) is 0 Å². The Balaban J connectivity index is 1.99. The number of benzene rings is 1. The highest BCUT2D eigenvalue weighted by Crippen LogP contribution is 2.17. The zero-order valence-corrected chi connectivity index (χ0v) is 11.7. The van der Waals surface area contributed by atoms with E-state index >= 15 is 0 Å². The highest BCUT2D eigenvalue weighted by molar-refractivity contribution is 5.96. The van der Waals surface area contributed by atoms with Crippen molar-refractivity contribution in [1.82, 2.24) is 4.90 Å². The molecule has 0 atom stereocenters. The van der Waals surface area contributed by atoms with Crippen LogP contribution in [-0.4, -0.2) is 23.9 Å². The molecule has 1 fully saturated rings. The summed E-state index contributed by atoms with van der Waals surface area (Å²) in [6.45, 7) is 5.93. The first-order chi connectivity index (χ1) is 9.20. The molecule has 0 N–H and O–H groups in total. The van der Waals surface area contributed by atoms with Crippen LogP contribution in [0, 0.1) is 6.92 Å². The van der Waals surface area contributed by atoms with E-state index in [1.54, 1.807) is 0 Å². The van der Waals surface area contributed by atoms with Crippen molar-refractivity contribution in [3.63, 3.8) is 0 Å². The lowest BCUT2D eigenvalue weighted by Gasteiger charge is -2.12. The summed E-state index contributed by atoms with van der Waals surface area (Å²) in [6, 6.07) is 8.36. The highest BCUT2D eigenvalue weighted by Gasteiger charge is 2.23. The molecule has 0 spiro atoms. The highest BCUT2D eigenvalue weighted by atomic mass is 16.2. The van der Waals surface area contributed by atoms with E-state index in [2.05, 4.69) is 38.1 Å². The number of rotatable bonds is 4. The van der Waals surface area contributed by atoms with Crippen LogP contribution in [0.3, 0.4) is 0 Å². The Kier molecular flexibility index (Phi) is 4.56. The monoisotopic (exact) mass is 255 g/mol. The number of carbonyl (C=O) groups is 1. The number of nitrogens with zero attached hydrogens (tertiary/aromatic N) is 1. The quantitative estimate of drug-likeness (QED) is 0.753. The van der Waals surface area contributed by atoms with Gasteiger partial charge in [0.1, 0.15) is 0 Å². The summed E-state index contributed by atoms with van der Waals surface area (Å²) in [5, 5.41) is 0. The van der Waals surface area contributed by atoms with Crippen LogP contribution in [0.15, 0.2) is 42.0 Å². The minimum atomic E-state index is 0.204. The van der Waals surface area contributed by atoms with Crippen molar-refractivity contribution < 1.29 is 4.79 Å². The second-order valence-corrected chi connectivity index (χ2v) is 5.00. The summed E-state index contributed by atoms with van der Waals surface area (Å²) in [7, 11) is 0. The first-order valence-corrected chi connectivity index (χ1v) is 6.94. The average Bonchev–Trinajstić information content (AvgIpc) is 2.75. The minimum Gasteiger partial charge on any atom is -0.339 e. The van der Waals surface area contributed by atoms with Crippen LogP contribution in [0.1, 0.15) is 30.9 Å². The molecule has 1 aromatic carbocycles. The van der Waals surface area contributed by atoms with E-state index in [4.69, 9.17) is 0 Å². The molecule has 0 bridgehead atoms. The fraction of sp³-hybridized carbons (Fsp3) is 0.353. The fourth-order valence-corrected chi connectivity index (χ4v) is 2.26. The third kappa shape index (κ3) is 3.57. The van der Waals surface area contributed by atoms with E-state index in [9.17, 15) is 4.79 Å². The molecule has 19 heavy (non-hydrogen) atoms. The SMILES string of the molecule is CCCN1CC/C(=C\C=C\c2ccc(C)cc2)C1=O. The van der Waals surface area contributed by atoms with Gasteiger partial charge in [-0.2, -0.15) is 0 Å². The van der Waals surface area contributed by atoms with Gasteiger partial charge in [0.05, 0.1) is 0 Å². The van der Waals surface area contributed by atoms with Gasteiger partial charge < -0.3 is 4.90 Å². The Labute approximate surface area is 115 Å². The molecule has 1 aliphatic heterocycles. The summed E-state index contributed by atoms with van der Waals surface area (Å²) < 4.78 is 0. The van der Waals surface area contributed by atoms with Gasteiger partial charge in [-0.05, 0) is 25.3 Å². The Bertz CT molecular complexity index is 496. The maximum absolute atomic E-state index is 12.0. The lowest BCUT2D eigenvalue weighted by molar-refractivity contribution is -0.124. The van der Waals surface area contributed by atoms with Crippen LogP contribution in [0.25, 0.3) is 6.08 Å². The maximum atomic E-state index is 12.0. The van der Waals surface area contributed by atoms with Gasteiger partial charge in [-0.3, -0.25) is 4.79 Å². The number of carbonyl (C=O) groups excluding carboxylic acids is 1. The smallest absolute Gasteiger partial charge is 0.249 e. The Morgan fingerprint density at radius 1 is 1.26 bits per heavy atom. The average molecular weight is 255 g/mol. The molecule has 1 aromatic rings. The van der Waals surface area contributed by atoms with Crippen LogP contribution in [-0.2, 0) is 4.79 Å². The summed E-state index contributed by atoms with van der Waals surface area (Å²) in [5.41, 5.74) is 3.35. The van der Waals surface area contributed by atoms with Crippen molar-refractivity contribution in [2.75, 3.05) is 13.1 Å². The summed E-state index contributed by atoms with van der Waals surface area (Å²) in [4.78, 5) is 13.9. The van der Waals surface area contributed by atoms with E-state index in [0.717, 1.165) is 31.5 Å². The topological polar surface area (TPSA) is 20.3 Å². The van der Waals surface area contributed by atoms with E-state index in [0.29, 0.717) is 0 Å². The molecule has 1 amide bonds. The van der Waals surface area contributed by atoms with Crippen molar-refractivity contribution in [1.29, 1.82) is 0 Å². The lowest BCUT2D eigenvalue weighted by atomic mass is 10.1. The van der Waals surface area contributed by atoms with Crippen LogP contribution < -0.4 is 0 Å². The number of hydrogen-bond acceptors (Lipinski definition) is 1. The van der Waals surface area contributed by atoms with Gasteiger partial charge in [0.2, 0.25) is 5.91 Å². The van der Waals surface area contributed by atoms with E-state index < -0.39 is 0 Å². The van der Waals surface area contributed by atoms with Gasteiger partial charge in [-0.1, -0.05) is 55.0 Å². The molecule has 0 unspecified atom stereocenters. The van der Waals surface area contributed by atoms with Gasteiger partial charge in [0.25, 0.3) is 0 Å². The van der Waals surface area contributed by atoms with Gasteiger partial charge in [0, 0.05) is 18.7 Å². The molecular formula is C17H21NO. The lowest BCUT2D eigenvalue weighted by Crippen LogP contribution is -2.25. The predicted molar refractivity (Wildman–Crippen MR) is 79.8 cm³/mol. The van der Waals surface area contributed by atoms with Gasteiger partial charge in [-0.25, -0.2) is 0 Å². The molecule has 1 heterocycles. The van der Waals surface area contributed by atoms with Crippen molar-refractivity contribution in [2.45, 2.75) is 26.7 Å². The molecule has 0 aromatic heterocycles. The molecule has 1 saturated heterocycles. The summed E-state index contributed by atoms with van der Waals surface area (Å²) in [6.07, 6.45) is 7.88. The largest absolute Gasteiger partial charge is 0.339 e. The molecule has 100 valence electrons. The normalized spacial score (nSPS) is 17.9. The van der Waals surface area contributed by atoms with Crippen molar-refractivity contribution in [3.8, 4) is 0 Å². The van der Waals surface area contributed by atoms with Crippen LogP contribution in [0.4, 0.5) is 0 Å². The van der Waals surface area contributed by atoms with Crippen LogP contribution in [0.2, 0.25) is 0 Å². The van der Waals surface area contributed by atoms with Crippen molar-refractivity contribution in [3.05, 3.63) is 53.1 Å². The Morgan fingerprint density at radius 3 is 2.68 bits per heavy atom. The van der Waals surface area contributed by atoms with Crippen LogP contribution in [0.5, 0.6) is 0 Å². The standard InChI is InChI=1S/C17H21NO/c1-3-12-18-13-11-16(17(18)19)6-4-5-15-9-7-14(2)8-10-15/h4-10H,3,11-13H2,1-2H3/b5-4+,16-6+. The Hall–Kier alpha value is -1.83. The number of allylic oxidation sites excluding steroid dienone is 2. The fourth-order valence-electron chi connectivity index (χ4n) is 2.26.